The van der Waals surface area contributed by atoms with Crippen LogP contribution < -0.4 is 21.3 Å². The van der Waals surface area contributed by atoms with Crippen molar-refractivity contribution in [2.45, 2.75) is 68.4 Å². The van der Waals surface area contributed by atoms with Crippen molar-refractivity contribution in [3.63, 3.8) is 0 Å². The molecule has 5 rings (SSSR count). The Balaban J connectivity index is -0.00000105. The van der Waals surface area contributed by atoms with Gasteiger partial charge in [-0.1, -0.05) is 121 Å². The van der Waals surface area contributed by atoms with Gasteiger partial charge in [-0.25, -0.2) is 25.3 Å². The fraction of sp³-hybridized carbons (Fsp3) is 0.451. The molecule has 0 aromatic heterocycles. The first kappa shape index (κ1) is 90.3. The fourth-order valence-electron chi connectivity index (χ4n) is 7.47. The van der Waals surface area contributed by atoms with Crippen molar-refractivity contribution in [2.75, 3.05) is 78.5 Å². The number of rotatable bonds is 16. The first-order chi connectivity index (χ1) is 38.8. The second-order valence-electron chi connectivity index (χ2n) is 18.6. The zero-order valence-electron chi connectivity index (χ0n) is 48.0. The number of benzene rings is 4. The largest absolute Gasteiger partial charge is 3.00 e. The van der Waals surface area contributed by atoms with Gasteiger partial charge in [0.15, 0.2) is 30.4 Å². The van der Waals surface area contributed by atoms with Gasteiger partial charge in [0.05, 0.1) is 50.3 Å². The molecule has 89 heavy (non-hydrogen) atoms. The summed E-state index contributed by atoms with van der Waals surface area (Å²) in [5.74, 6) is -0.380. The molecule has 4 amide bonds. The van der Waals surface area contributed by atoms with Crippen molar-refractivity contribution in [2.24, 2.45) is 0 Å². The number of nitrogens with one attached hydrogen (secondary N) is 4. The van der Waals surface area contributed by atoms with E-state index < -0.39 is 46.9 Å². The molecule has 1 aliphatic heterocycles. The molecule has 1 radical (unpaired) electrons. The molecule has 0 unspecified atom stereocenters. The molecule has 0 spiro atoms. The number of hydrogen-bond acceptors (Lipinski definition) is 17. The van der Waals surface area contributed by atoms with Crippen LogP contribution in [-0.2, 0) is 55.0 Å². The van der Waals surface area contributed by atoms with Gasteiger partial charge in [-0.3, -0.25) is 38.8 Å². The smallest absolute Gasteiger partial charge is 0.741 e. The Labute approximate surface area is 541 Å². The Bertz CT molecular complexity index is 2620. The second kappa shape index (κ2) is 42.1. The molecule has 505 valence electrons. The third-order valence-electron chi connectivity index (χ3n) is 12.0. The zero-order valence-corrected chi connectivity index (χ0v) is 53.1. The molecule has 4 atom stereocenters. The van der Waals surface area contributed by atoms with Crippen molar-refractivity contribution >= 4 is 54.0 Å². The molecule has 1 saturated heterocycles. The molecule has 1 aliphatic rings. The number of nitrogens with zero attached hydrogens (tertiary/aromatic N) is 4. The summed E-state index contributed by atoms with van der Waals surface area (Å²) in [6.07, 6.45) is 0. The van der Waals surface area contributed by atoms with Crippen LogP contribution in [0.3, 0.4) is 0 Å². The Hall–Kier alpha value is -5.12. The standard InChI is InChI=1S/C48H64N8O4.3CHF3O3S.4H2O.Sm/c1-37(41-17-9-5-10-18-41)49-45(57)33-53-25-27-54(34-46(58)50-38(2)42-19-11-6-12-20-42)29-31-56(36-48(60)52-40(4)44-23-15-8-16-24-44)32-30-55(28-26-53)35-47(59)51-39(3)43-21-13-7-14-22-43;3*2-1(3,4)8(5,6)7;;;;;/h5-24,37-40H,25-36H2,1-4H3,(H,49,57)(H,50,58)(H,51,59)(H,52,60);3*(H,5,6,7);4*1H2;/q;;;;;;;;+3/p-2/t37-,38-,39-,40-;;;;;;;;/m0......../s1. The van der Waals surface area contributed by atoms with Crippen LogP contribution >= 0.6 is 0 Å². The van der Waals surface area contributed by atoms with Crippen molar-refractivity contribution in [3.05, 3.63) is 144 Å². The Kier molecular flexibility index (Phi) is 42.7. The maximum absolute atomic E-state index is 13.6. The van der Waals surface area contributed by atoms with Crippen LogP contribution in [0.15, 0.2) is 121 Å². The number of alkyl halides is 9. The van der Waals surface area contributed by atoms with Gasteiger partial charge >= 0.3 is 56.9 Å². The van der Waals surface area contributed by atoms with E-state index in [1.54, 1.807) is 0 Å². The Morgan fingerprint density at radius 3 is 0.607 bits per heavy atom. The van der Waals surface area contributed by atoms with E-state index in [4.69, 9.17) is 38.9 Å². The van der Waals surface area contributed by atoms with Crippen LogP contribution in [0.4, 0.5) is 39.5 Å². The first-order valence-electron chi connectivity index (χ1n) is 25.1. The van der Waals surface area contributed by atoms with E-state index in [1.165, 1.54) is 0 Å². The van der Waals surface area contributed by atoms with Crippen LogP contribution in [-0.4, -0.2) is 194 Å². The van der Waals surface area contributed by atoms with Gasteiger partial charge in [0.25, 0.3) is 0 Å². The minimum absolute atomic E-state index is 0. The predicted octanol–water partition coefficient (Wildman–Crippen LogP) is 1.48. The topological polar surface area (TPSA) is 428 Å². The van der Waals surface area contributed by atoms with E-state index >= 15 is 0 Å². The van der Waals surface area contributed by atoms with E-state index in [0.717, 1.165) is 22.3 Å². The summed E-state index contributed by atoms with van der Waals surface area (Å²) >= 11 is 0. The molecule has 0 bridgehead atoms. The number of amides is 4. The molecule has 38 heteroatoms. The summed E-state index contributed by atoms with van der Waals surface area (Å²) in [6, 6.07) is 38.9. The summed E-state index contributed by atoms with van der Waals surface area (Å²) in [7, 11) is -18.3. The Morgan fingerprint density at radius 1 is 0.371 bits per heavy atom. The minimum atomic E-state index is -6.09. The average Bonchev–Trinajstić information content (AvgIpc) is 3.56. The molecule has 4 aromatic carbocycles. The number of carbonyl (C=O) groups is 4. The van der Waals surface area contributed by atoms with Crippen molar-refractivity contribution in [3.8, 4) is 0 Å². The number of carbonyl (C=O) groups excluding carboxylic acids is 4. The van der Waals surface area contributed by atoms with E-state index in [0.29, 0.717) is 52.4 Å². The van der Waals surface area contributed by atoms with Crippen LogP contribution in [0, 0.1) is 40.4 Å². The quantitative estimate of drug-likeness (QED) is 0.0534. The average molecular weight is 1490 g/mol. The van der Waals surface area contributed by atoms with Crippen LogP contribution in [0.5, 0.6) is 0 Å². The molecule has 1 heterocycles. The number of halogens is 9. The Morgan fingerprint density at radius 2 is 0.494 bits per heavy atom. The van der Waals surface area contributed by atoms with Gasteiger partial charge in [0, 0.05) is 52.4 Å². The molecule has 13 N–H and O–H groups in total. The number of hydrogen-bond donors (Lipinski definition) is 4. The minimum Gasteiger partial charge on any atom is -0.741 e. The summed E-state index contributed by atoms with van der Waals surface area (Å²) in [4.78, 5) is 62.7. The van der Waals surface area contributed by atoms with Gasteiger partial charge in [-0.15, -0.1) is 0 Å². The first-order valence-corrected chi connectivity index (χ1v) is 29.3. The van der Waals surface area contributed by atoms with Gasteiger partial charge < -0.3 is 56.8 Å². The van der Waals surface area contributed by atoms with Crippen molar-refractivity contribution in [1.29, 1.82) is 0 Å². The maximum atomic E-state index is 13.6. The maximum Gasteiger partial charge on any atom is 3.00 e. The molecule has 0 aliphatic carbocycles. The summed E-state index contributed by atoms with van der Waals surface area (Å²) in [6.45, 7) is 12.8. The third kappa shape index (κ3) is 36.5. The van der Waals surface area contributed by atoms with Gasteiger partial charge in [-0.2, -0.15) is 39.5 Å². The molecule has 1 fully saturated rings. The molecule has 25 nitrogen and oxygen atoms in total. The van der Waals surface area contributed by atoms with E-state index in [9.17, 15) is 58.7 Å². The summed E-state index contributed by atoms with van der Waals surface area (Å²) in [5, 5.41) is 12.6. The summed E-state index contributed by atoms with van der Waals surface area (Å²) < 4.78 is 177. The molecule has 4 aromatic rings. The zero-order chi connectivity index (χ0) is 63.7. The van der Waals surface area contributed by atoms with E-state index in [2.05, 4.69) is 40.9 Å². The van der Waals surface area contributed by atoms with Gasteiger partial charge in [0.2, 0.25) is 23.6 Å². The normalized spacial score (nSPS) is 15.3. The second-order valence-corrected chi connectivity index (χ2v) is 22.7. The van der Waals surface area contributed by atoms with Crippen LogP contribution in [0.25, 0.3) is 0 Å². The van der Waals surface area contributed by atoms with E-state index in [1.807, 2.05) is 149 Å². The van der Waals surface area contributed by atoms with E-state index in [-0.39, 0.29) is 136 Å². The third-order valence-corrected chi connectivity index (χ3v) is 13.7. The molecular formula is C51H73F9N8O17S3Sm+. The fourth-order valence-corrected chi connectivity index (χ4v) is 7.47. The molecular weight excluding hydrogens is 1410 g/mol. The van der Waals surface area contributed by atoms with Gasteiger partial charge in [-0.05, 0) is 49.9 Å². The monoisotopic (exact) mass is 1490 g/mol. The molecule has 0 saturated carbocycles. The van der Waals surface area contributed by atoms with Crippen LogP contribution in [0.2, 0.25) is 0 Å². The predicted molar refractivity (Wildman–Crippen MR) is 301 cm³/mol. The summed E-state index contributed by atoms with van der Waals surface area (Å²) in [5.41, 5.74) is -12.8. The van der Waals surface area contributed by atoms with Crippen molar-refractivity contribution < 1.29 is 160 Å². The van der Waals surface area contributed by atoms with Crippen molar-refractivity contribution in [1.82, 2.24) is 40.9 Å². The van der Waals surface area contributed by atoms with Gasteiger partial charge in [0.1, 0.15) is 0 Å². The van der Waals surface area contributed by atoms with Crippen LogP contribution in [0.1, 0.15) is 74.1 Å². The SMILES string of the molecule is C[C@H](NC(=O)CN1CCN(CC(=O)N[C@@H](C)c2ccccc2)CCN(CC(=O)N[C@@H](C)c2ccccc2)CCN(CC(=O)N[C@@H](C)c2ccccc2)CC1)c1ccccc1.O.O.O.O=S(=O)([O-])C(F)(F)F.O=S(=O)([O-])C(F)(F)F.O=S(=O)([O-])C(F)(F)F.[OH3+].[Sm+3].